The van der Waals surface area contributed by atoms with Crippen LogP contribution in [-0.4, -0.2) is 23.6 Å². The van der Waals surface area contributed by atoms with Crippen LogP contribution in [0.2, 0.25) is 0 Å². The van der Waals surface area contributed by atoms with Gasteiger partial charge in [-0.15, -0.1) is 0 Å². The summed E-state index contributed by atoms with van der Waals surface area (Å²) in [6, 6.07) is 0.692. The summed E-state index contributed by atoms with van der Waals surface area (Å²) in [5.74, 6) is 0.728. The van der Waals surface area contributed by atoms with Gasteiger partial charge in [0.1, 0.15) is 0 Å². The molecule has 104 valence electrons. The molecule has 2 nitrogen and oxygen atoms in total. The van der Waals surface area contributed by atoms with E-state index in [0.717, 1.165) is 5.92 Å². The Morgan fingerprint density at radius 2 is 1.78 bits per heavy atom. The quantitative estimate of drug-likeness (QED) is 0.464. The molecule has 0 spiro atoms. The number of hydrogen-bond donors (Lipinski definition) is 1. The highest BCUT2D eigenvalue weighted by Crippen LogP contribution is 2.32. The van der Waals surface area contributed by atoms with Gasteiger partial charge < -0.3 is 0 Å². The van der Waals surface area contributed by atoms with Crippen LogP contribution in [0.25, 0.3) is 0 Å². The van der Waals surface area contributed by atoms with Crippen LogP contribution in [0.15, 0.2) is 12.2 Å². The maximum Gasteiger partial charge on any atom is 0.0527 e. The smallest absolute Gasteiger partial charge is 0.0527 e. The Kier molecular flexibility index (Phi) is 4.85. The Morgan fingerprint density at radius 3 is 2.39 bits per heavy atom. The summed E-state index contributed by atoms with van der Waals surface area (Å²) in [5.41, 5.74) is 3.97. The molecule has 0 aromatic carbocycles. The largest absolute Gasteiger partial charge is 0.252 e. The third-order valence-electron chi connectivity index (χ3n) is 5.17. The summed E-state index contributed by atoms with van der Waals surface area (Å²) in [4.78, 5) is 0. The molecule has 0 bridgehead atoms. The van der Waals surface area contributed by atoms with E-state index >= 15 is 0 Å². The molecule has 0 aromatic heterocycles. The molecule has 2 aliphatic rings. The van der Waals surface area contributed by atoms with Crippen molar-refractivity contribution in [1.29, 1.82) is 0 Å². The number of nitrogens with one attached hydrogen (secondary N) is 1. The lowest BCUT2D eigenvalue weighted by Crippen LogP contribution is -2.57. The van der Waals surface area contributed by atoms with Crippen LogP contribution in [0, 0.1) is 5.92 Å². The van der Waals surface area contributed by atoms with E-state index in [1.54, 1.807) is 0 Å². The van der Waals surface area contributed by atoms with Crippen molar-refractivity contribution in [2.45, 2.75) is 76.8 Å². The zero-order valence-corrected chi connectivity index (χ0v) is 12.4. The Hall–Kier alpha value is -0.340. The minimum atomic E-state index is 0.185. The zero-order chi connectivity index (χ0) is 13.0. The van der Waals surface area contributed by atoms with Gasteiger partial charge in [-0.1, -0.05) is 44.8 Å². The highest BCUT2D eigenvalue weighted by molar-refractivity contribution is 5.10. The highest BCUT2D eigenvalue weighted by Gasteiger charge is 2.35. The second kappa shape index (κ2) is 6.21. The van der Waals surface area contributed by atoms with Gasteiger partial charge in [-0.2, -0.15) is 0 Å². The maximum atomic E-state index is 3.78. The summed E-state index contributed by atoms with van der Waals surface area (Å²) in [7, 11) is 2.23. The molecule has 1 fully saturated rings. The lowest BCUT2D eigenvalue weighted by atomic mass is 9.79. The summed E-state index contributed by atoms with van der Waals surface area (Å²) < 4.78 is 0. The Labute approximate surface area is 113 Å². The van der Waals surface area contributed by atoms with Crippen LogP contribution in [0.4, 0.5) is 0 Å². The van der Waals surface area contributed by atoms with Crippen LogP contribution < -0.4 is 5.43 Å². The van der Waals surface area contributed by atoms with E-state index in [1.165, 1.54) is 51.4 Å². The molecule has 2 aliphatic carbocycles. The molecule has 0 aromatic rings. The fourth-order valence-electron chi connectivity index (χ4n) is 3.39. The van der Waals surface area contributed by atoms with Gasteiger partial charge in [-0.05, 0) is 38.5 Å². The molecule has 1 saturated carbocycles. The summed E-state index contributed by atoms with van der Waals surface area (Å²) >= 11 is 0. The third-order valence-corrected chi connectivity index (χ3v) is 5.17. The Morgan fingerprint density at radius 1 is 1.11 bits per heavy atom. The topological polar surface area (TPSA) is 15.3 Å². The predicted molar refractivity (Wildman–Crippen MR) is 78.3 cm³/mol. The molecule has 0 radical (unpaired) electrons. The van der Waals surface area contributed by atoms with Crippen molar-refractivity contribution in [3.63, 3.8) is 0 Å². The van der Waals surface area contributed by atoms with Crippen molar-refractivity contribution in [3.05, 3.63) is 12.2 Å². The van der Waals surface area contributed by atoms with Crippen molar-refractivity contribution in [1.82, 2.24) is 10.4 Å². The first-order chi connectivity index (χ1) is 8.63. The zero-order valence-electron chi connectivity index (χ0n) is 12.4. The lowest BCUT2D eigenvalue weighted by molar-refractivity contribution is 0.0437. The van der Waals surface area contributed by atoms with Gasteiger partial charge >= 0.3 is 0 Å². The average molecular weight is 250 g/mol. The number of hydrogen-bond acceptors (Lipinski definition) is 2. The van der Waals surface area contributed by atoms with Gasteiger partial charge in [0.2, 0.25) is 0 Å². The van der Waals surface area contributed by atoms with Gasteiger partial charge in [0.15, 0.2) is 0 Å². The van der Waals surface area contributed by atoms with Crippen molar-refractivity contribution >= 4 is 0 Å². The molecule has 0 amide bonds. The standard InChI is InChI=1S/C16H30N2/c1-14-10-8-9-13-16(14,2)18(3)17-15-11-6-4-5-7-12-15/h9,13-15,17H,4-8,10-12H2,1-3H3. The third kappa shape index (κ3) is 3.16. The fraction of sp³-hybridized carbons (Fsp3) is 0.875. The van der Waals surface area contributed by atoms with E-state index in [2.05, 4.69) is 43.5 Å². The normalized spacial score (nSPS) is 34.8. The van der Waals surface area contributed by atoms with Crippen molar-refractivity contribution in [3.8, 4) is 0 Å². The molecule has 0 saturated heterocycles. The van der Waals surface area contributed by atoms with Crippen LogP contribution in [-0.2, 0) is 0 Å². The van der Waals surface area contributed by atoms with E-state index in [1.807, 2.05) is 0 Å². The average Bonchev–Trinajstić information content (AvgIpc) is 2.61. The lowest BCUT2D eigenvalue weighted by Gasteiger charge is -2.45. The molecule has 2 unspecified atom stereocenters. The van der Waals surface area contributed by atoms with E-state index in [-0.39, 0.29) is 5.54 Å². The van der Waals surface area contributed by atoms with Gasteiger partial charge in [-0.25, -0.2) is 5.01 Å². The fourth-order valence-corrected chi connectivity index (χ4v) is 3.39. The molecular formula is C16H30N2. The number of allylic oxidation sites excluding steroid dienone is 1. The van der Waals surface area contributed by atoms with Crippen LogP contribution in [0.3, 0.4) is 0 Å². The van der Waals surface area contributed by atoms with Crippen LogP contribution in [0.5, 0.6) is 0 Å². The van der Waals surface area contributed by atoms with Gasteiger partial charge in [-0.3, -0.25) is 5.43 Å². The first-order valence-corrected chi connectivity index (χ1v) is 7.80. The van der Waals surface area contributed by atoms with Gasteiger partial charge in [0.25, 0.3) is 0 Å². The summed E-state index contributed by atoms with van der Waals surface area (Å²) in [6.45, 7) is 4.76. The van der Waals surface area contributed by atoms with Gasteiger partial charge in [0, 0.05) is 13.1 Å². The van der Waals surface area contributed by atoms with Crippen molar-refractivity contribution < 1.29 is 0 Å². The Bertz CT molecular complexity index is 279. The Balaban J connectivity index is 1.95. The second-order valence-electron chi connectivity index (χ2n) is 6.48. The SMILES string of the molecule is CC1CCC=CC1(C)N(C)NC1CCCCCC1. The molecular weight excluding hydrogens is 220 g/mol. The maximum absolute atomic E-state index is 3.78. The molecule has 0 aliphatic heterocycles. The number of likely N-dealkylation sites (N-methyl/N-ethyl adjacent to an activating group) is 1. The van der Waals surface area contributed by atoms with E-state index in [0.29, 0.717) is 6.04 Å². The van der Waals surface area contributed by atoms with E-state index < -0.39 is 0 Å². The molecule has 18 heavy (non-hydrogen) atoms. The number of hydrazine groups is 1. The summed E-state index contributed by atoms with van der Waals surface area (Å²) in [6.07, 6.45) is 15.6. The van der Waals surface area contributed by atoms with Crippen molar-refractivity contribution in [2.75, 3.05) is 7.05 Å². The highest BCUT2D eigenvalue weighted by atomic mass is 15.5. The molecule has 2 atom stereocenters. The monoisotopic (exact) mass is 250 g/mol. The molecule has 1 N–H and O–H groups in total. The minimum absolute atomic E-state index is 0.185. The predicted octanol–water partition coefficient (Wildman–Crippen LogP) is 3.89. The molecule has 2 rings (SSSR count). The van der Waals surface area contributed by atoms with Crippen LogP contribution >= 0.6 is 0 Å². The summed E-state index contributed by atoms with van der Waals surface area (Å²) in [5, 5.41) is 2.39. The second-order valence-corrected chi connectivity index (χ2v) is 6.48. The number of rotatable bonds is 3. The van der Waals surface area contributed by atoms with Crippen LogP contribution in [0.1, 0.15) is 65.2 Å². The number of nitrogens with zero attached hydrogens (tertiary/aromatic N) is 1. The first kappa shape index (κ1) is 14.1. The first-order valence-electron chi connectivity index (χ1n) is 7.80. The van der Waals surface area contributed by atoms with E-state index in [4.69, 9.17) is 0 Å². The van der Waals surface area contributed by atoms with Gasteiger partial charge in [0.05, 0.1) is 5.54 Å². The van der Waals surface area contributed by atoms with E-state index in [9.17, 15) is 0 Å². The minimum Gasteiger partial charge on any atom is -0.252 e. The molecule has 2 heteroatoms. The van der Waals surface area contributed by atoms with Crippen molar-refractivity contribution in [2.24, 2.45) is 5.92 Å². The molecule has 0 heterocycles.